The van der Waals surface area contributed by atoms with Gasteiger partial charge in [0.1, 0.15) is 0 Å². The van der Waals surface area contributed by atoms with Gasteiger partial charge < -0.3 is 10.2 Å². The molecule has 1 amide bonds. The average Bonchev–Trinajstić information content (AvgIpc) is 2.93. The van der Waals surface area contributed by atoms with E-state index in [1.54, 1.807) is 0 Å². The molecule has 0 spiro atoms. The summed E-state index contributed by atoms with van der Waals surface area (Å²) in [6, 6.07) is 0.622. The number of likely N-dealkylation sites (tertiary alicyclic amines) is 1. The second kappa shape index (κ2) is 6.10. The molecule has 2 fully saturated rings. The first-order valence-electron chi connectivity index (χ1n) is 6.83. The quantitative estimate of drug-likeness (QED) is 0.815. The van der Waals surface area contributed by atoms with Crippen LogP contribution in [0, 0.1) is 0 Å². The molecule has 3 nitrogen and oxygen atoms in total. The summed E-state index contributed by atoms with van der Waals surface area (Å²) in [4.78, 5) is 14.4. The van der Waals surface area contributed by atoms with Gasteiger partial charge in [0.25, 0.3) is 0 Å². The van der Waals surface area contributed by atoms with Gasteiger partial charge in [0.2, 0.25) is 5.91 Å². The molecule has 1 aliphatic carbocycles. The van der Waals surface area contributed by atoms with Crippen LogP contribution >= 0.6 is 11.8 Å². The number of carbonyl (C=O) groups is 1. The molecule has 17 heavy (non-hydrogen) atoms. The number of amides is 1. The maximum Gasteiger partial charge on any atom is 0.240 e. The van der Waals surface area contributed by atoms with Crippen molar-refractivity contribution in [3.63, 3.8) is 0 Å². The standard InChI is InChI=1S/C13H24N2OS/c1-3-7-14-12-6-8-15(13(12)16)10-4-5-11(9-10)17-2/h10-12,14H,3-9H2,1-2H3. The number of nitrogens with zero attached hydrogens (tertiary/aromatic N) is 1. The Labute approximate surface area is 109 Å². The number of rotatable bonds is 5. The summed E-state index contributed by atoms with van der Waals surface area (Å²) in [5.41, 5.74) is 0. The lowest BCUT2D eigenvalue weighted by Gasteiger charge is -2.24. The van der Waals surface area contributed by atoms with E-state index in [0.717, 1.165) is 31.2 Å². The lowest BCUT2D eigenvalue weighted by Crippen LogP contribution is -2.42. The zero-order valence-corrected chi connectivity index (χ0v) is 11.8. The number of hydrogen-bond acceptors (Lipinski definition) is 3. The van der Waals surface area contributed by atoms with E-state index in [1.165, 1.54) is 19.3 Å². The number of nitrogens with one attached hydrogen (secondary N) is 1. The predicted octanol–water partition coefficient (Wildman–Crippen LogP) is 1.87. The van der Waals surface area contributed by atoms with Crippen molar-refractivity contribution in [2.45, 2.75) is 56.4 Å². The molecule has 0 bridgehead atoms. The van der Waals surface area contributed by atoms with Gasteiger partial charge in [0, 0.05) is 17.8 Å². The Kier molecular flexibility index (Phi) is 4.74. The van der Waals surface area contributed by atoms with E-state index >= 15 is 0 Å². The molecule has 1 aliphatic heterocycles. The summed E-state index contributed by atoms with van der Waals surface area (Å²) in [7, 11) is 0. The van der Waals surface area contributed by atoms with Gasteiger partial charge in [0.15, 0.2) is 0 Å². The maximum atomic E-state index is 12.3. The lowest BCUT2D eigenvalue weighted by atomic mass is 10.2. The van der Waals surface area contributed by atoms with E-state index in [-0.39, 0.29) is 6.04 Å². The second-order valence-electron chi connectivity index (χ2n) is 5.15. The minimum atomic E-state index is 0.100. The highest BCUT2D eigenvalue weighted by molar-refractivity contribution is 7.99. The van der Waals surface area contributed by atoms with Crippen LogP contribution in [0.2, 0.25) is 0 Å². The molecule has 4 heteroatoms. The highest BCUT2D eigenvalue weighted by Crippen LogP contribution is 2.33. The third-order valence-corrected chi connectivity index (χ3v) is 5.11. The molecule has 0 aromatic heterocycles. The van der Waals surface area contributed by atoms with Gasteiger partial charge in [-0.25, -0.2) is 0 Å². The topological polar surface area (TPSA) is 32.3 Å². The van der Waals surface area contributed by atoms with Crippen LogP contribution < -0.4 is 5.32 Å². The van der Waals surface area contributed by atoms with Crippen LogP contribution in [0.15, 0.2) is 0 Å². The molecule has 0 aromatic carbocycles. The Hall–Kier alpha value is -0.220. The van der Waals surface area contributed by atoms with Crippen molar-refractivity contribution >= 4 is 17.7 Å². The number of hydrogen-bond donors (Lipinski definition) is 1. The summed E-state index contributed by atoms with van der Waals surface area (Å²) < 4.78 is 0. The fourth-order valence-corrected chi connectivity index (χ4v) is 3.77. The van der Waals surface area contributed by atoms with Gasteiger partial charge in [-0.15, -0.1) is 0 Å². The van der Waals surface area contributed by atoms with Crippen LogP contribution in [0.4, 0.5) is 0 Å². The molecule has 0 aromatic rings. The zero-order chi connectivity index (χ0) is 12.3. The molecule has 0 radical (unpaired) electrons. The van der Waals surface area contributed by atoms with E-state index < -0.39 is 0 Å². The summed E-state index contributed by atoms with van der Waals surface area (Å²) in [6.45, 7) is 4.07. The Morgan fingerprint density at radius 2 is 2.24 bits per heavy atom. The van der Waals surface area contributed by atoms with Gasteiger partial charge in [-0.2, -0.15) is 11.8 Å². The average molecular weight is 256 g/mol. The first-order valence-corrected chi connectivity index (χ1v) is 8.11. The van der Waals surface area contributed by atoms with Crippen molar-refractivity contribution < 1.29 is 4.79 Å². The van der Waals surface area contributed by atoms with Gasteiger partial charge in [-0.05, 0) is 44.9 Å². The summed E-state index contributed by atoms with van der Waals surface area (Å²) in [6.07, 6.45) is 7.97. The molecule has 3 unspecified atom stereocenters. The molecule has 98 valence electrons. The fraction of sp³-hybridized carbons (Fsp3) is 0.923. The van der Waals surface area contributed by atoms with E-state index in [0.29, 0.717) is 11.9 Å². The summed E-state index contributed by atoms with van der Waals surface area (Å²) >= 11 is 1.96. The minimum Gasteiger partial charge on any atom is -0.338 e. The van der Waals surface area contributed by atoms with Gasteiger partial charge in [-0.3, -0.25) is 4.79 Å². The third-order valence-electron chi connectivity index (χ3n) is 4.01. The van der Waals surface area contributed by atoms with Gasteiger partial charge in [0.05, 0.1) is 6.04 Å². The van der Waals surface area contributed by atoms with Crippen LogP contribution in [-0.2, 0) is 4.79 Å². The van der Waals surface area contributed by atoms with E-state index in [1.807, 2.05) is 11.8 Å². The molecular formula is C13H24N2OS. The van der Waals surface area contributed by atoms with Crippen molar-refractivity contribution in [2.75, 3.05) is 19.3 Å². The Bertz CT molecular complexity index is 272. The van der Waals surface area contributed by atoms with Crippen molar-refractivity contribution in [1.82, 2.24) is 10.2 Å². The van der Waals surface area contributed by atoms with Crippen LogP contribution in [0.3, 0.4) is 0 Å². The highest BCUT2D eigenvalue weighted by Gasteiger charge is 2.38. The maximum absolute atomic E-state index is 12.3. The highest BCUT2D eigenvalue weighted by atomic mass is 32.2. The Balaban J connectivity index is 1.85. The first-order chi connectivity index (χ1) is 8.26. The van der Waals surface area contributed by atoms with Crippen molar-refractivity contribution in [3.05, 3.63) is 0 Å². The molecule has 2 rings (SSSR count). The largest absolute Gasteiger partial charge is 0.338 e. The van der Waals surface area contributed by atoms with Crippen LogP contribution in [-0.4, -0.2) is 47.5 Å². The number of thioether (sulfide) groups is 1. The van der Waals surface area contributed by atoms with Crippen LogP contribution in [0.25, 0.3) is 0 Å². The first kappa shape index (κ1) is 13.2. The Morgan fingerprint density at radius 1 is 1.41 bits per heavy atom. The van der Waals surface area contributed by atoms with Gasteiger partial charge >= 0.3 is 0 Å². The molecule has 2 aliphatic rings. The van der Waals surface area contributed by atoms with E-state index in [2.05, 4.69) is 23.4 Å². The normalized spacial score (nSPS) is 33.6. The zero-order valence-electron chi connectivity index (χ0n) is 10.9. The number of carbonyl (C=O) groups excluding carboxylic acids is 1. The van der Waals surface area contributed by atoms with E-state index in [4.69, 9.17) is 0 Å². The van der Waals surface area contributed by atoms with Crippen LogP contribution in [0.5, 0.6) is 0 Å². The predicted molar refractivity (Wildman–Crippen MR) is 73.4 cm³/mol. The SMILES string of the molecule is CCCNC1CCN(C2CCC(SC)C2)C1=O. The monoisotopic (exact) mass is 256 g/mol. The summed E-state index contributed by atoms with van der Waals surface area (Å²) in [5.74, 6) is 0.352. The van der Waals surface area contributed by atoms with Gasteiger partial charge in [-0.1, -0.05) is 6.92 Å². The van der Waals surface area contributed by atoms with Crippen molar-refractivity contribution in [2.24, 2.45) is 0 Å². The molecular weight excluding hydrogens is 232 g/mol. The van der Waals surface area contributed by atoms with E-state index in [9.17, 15) is 4.79 Å². The lowest BCUT2D eigenvalue weighted by molar-refractivity contribution is -0.131. The molecule has 3 atom stereocenters. The fourth-order valence-electron chi connectivity index (χ4n) is 2.99. The van der Waals surface area contributed by atoms with Crippen molar-refractivity contribution in [3.8, 4) is 0 Å². The smallest absolute Gasteiger partial charge is 0.240 e. The van der Waals surface area contributed by atoms with Crippen LogP contribution in [0.1, 0.15) is 39.0 Å². The molecule has 1 heterocycles. The molecule has 1 N–H and O–H groups in total. The third kappa shape index (κ3) is 2.97. The second-order valence-corrected chi connectivity index (χ2v) is 6.29. The van der Waals surface area contributed by atoms with Crippen molar-refractivity contribution in [1.29, 1.82) is 0 Å². The molecule has 1 saturated heterocycles. The Morgan fingerprint density at radius 3 is 2.88 bits per heavy atom. The minimum absolute atomic E-state index is 0.100. The summed E-state index contributed by atoms with van der Waals surface area (Å²) in [5, 5.41) is 4.14. The molecule has 1 saturated carbocycles.